The Labute approximate surface area is 114 Å². The lowest BCUT2D eigenvalue weighted by molar-refractivity contribution is -0.150. The summed E-state index contributed by atoms with van der Waals surface area (Å²) in [6.45, 7) is 2.77. The zero-order chi connectivity index (χ0) is 14.3. The van der Waals surface area contributed by atoms with Crippen LogP contribution in [0.4, 0.5) is 4.79 Å². The van der Waals surface area contributed by atoms with Gasteiger partial charge in [-0.05, 0) is 19.8 Å². The van der Waals surface area contributed by atoms with E-state index in [2.05, 4.69) is 11.2 Å². The molecule has 0 aliphatic heterocycles. The molecule has 2 amide bonds. The van der Waals surface area contributed by atoms with E-state index in [9.17, 15) is 14.7 Å². The number of amides is 2. The maximum atomic E-state index is 11.9. The summed E-state index contributed by atoms with van der Waals surface area (Å²) in [7, 11) is 0. The van der Waals surface area contributed by atoms with Crippen LogP contribution in [0.1, 0.15) is 39.0 Å². The van der Waals surface area contributed by atoms with E-state index in [1.807, 2.05) is 6.92 Å². The van der Waals surface area contributed by atoms with E-state index in [0.29, 0.717) is 19.4 Å². The third kappa shape index (κ3) is 3.88. The van der Waals surface area contributed by atoms with E-state index in [1.54, 1.807) is 0 Å². The van der Waals surface area contributed by atoms with Crippen LogP contribution in [-0.4, -0.2) is 41.6 Å². The number of nitrogens with one attached hydrogen (secondary N) is 1. The minimum absolute atomic E-state index is 0.183. The van der Waals surface area contributed by atoms with Crippen LogP contribution in [0.3, 0.4) is 0 Å². The van der Waals surface area contributed by atoms with Crippen molar-refractivity contribution in [3.63, 3.8) is 0 Å². The highest BCUT2D eigenvalue weighted by Gasteiger charge is 2.39. The molecule has 0 spiro atoms. The summed E-state index contributed by atoms with van der Waals surface area (Å²) in [6.07, 6.45) is 9.33. The molecule has 106 valence electrons. The molecule has 1 saturated carbocycles. The van der Waals surface area contributed by atoms with Crippen molar-refractivity contribution >= 4 is 12.0 Å². The summed E-state index contributed by atoms with van der Waals surface area (Å²) >= 11 is 0. The first-order chi connectivity index (χ1) is 9.05. The molecule has 2 N–H and O–H groups in total. The molecule has 0 aromatic heterocycles. The standard InChI is InChI=1S/C14H22N2O3/c1-3-10-16(4-2)13(19)15-11-14(12(17)18)8-6-5-7-9-14/h1H,4-11H2,2H3,(H,15,19)(H,17,18). The van der Waals surface area contributed by atoms with Gasteiger partial charge in [0.2, 0.25) is 0 Å². The molecule has 0 heterocycles. The van der Waals surface area contributed by atoms with Crippen LogP contribution in [0.15, 0.2) is 0 Å². The molecule has 0 saturated heterocycles. The highest BCUT2D eigenvalue weighted by atomic mass is 16.4. The first-order valence-electron chi connectivity index (χ1n) is 6.75. The highest BCUT2D eigenvalue weighted by Crippen LogP contribution is 2.36. The van der Waals surface area contributed by atoms with Gasteiger partial charge in [0.25, 0.3) is 0 Å². The molecule has 19 heavy (non-hydrogen) atoms. The normalized spacial score (nSPS) is 17.3. The van der Waals surface area contributed by atoms with Crippen molar-refractivity contribution in [2.75, 3.05) is 19.6 Å². The Morgan fingerprint density at radius 3 is 2.47 bits per heavy atom. The number of nitrogens with zero attached hydrogens (tertiary/aromatic N) is 1. The first kappa shape index (κ1) is 15.4. The molecule has 0 bridgehead atoms. The molecule has 1 fully saturated rings. The van der Waals surface area contributed by atoms with Gasteiger partial charge in [0.15, 0.2) is 0 Å². The molecular weight excluding hydrogens is 244 g/mol. The summed E-state index contributed by atoms with van der Waals surface area (Å²) < 4.78 is 0. The summed E-state index contributed by atoms with van der Waals surface area (Å²) in [5, 5.41) is 12.1. The van der Waals surface area contributed by atoms with Gasteiger partial charge < -0.3 is 15.3 Å². The zero-order valence-corrected chi connectivity index (χ0v) is 11.4. The zero-order valence-electron chi connectivity index (χ0n) is 11.4. The summed E-state index contributed by atoms with van der Waals surface area (Å²) in [5.74, 6) is 1.61. The second-order valence-electron chi connectivity index (χ2n) is 5.02. The van der Waals surface area contributed by atoms with Gasteiger partial charge in [0.05, 0.1) is 12.0 Å². The predicted molar refractivity (Wildman–Crippen MR) is 72.6 cm³/mol. The molecule has 0 aromatic carbocycles. The highest BCUT2D eigenvalue weighted by molar-refractivity contribution is 5.78. The van der Waals surface area contributed by atoms with Crippen LogP contribution in [0.2, 0.25) is 0 Å². The molecule has 0 atom stereocenters. The maximum absolute atomic E-state index is 11.9. The van der Waals surface area contributed by atoms with Crippen LogP contribution in [0.25, 0.3) is 0 Å². The number of carbonyl (C=O) groups excluding carboxylic acids is 1. The largest absolute Gasteiger partial charge is 0.481 e. The Hall–Kier alpha value is -1.70. The minimum atomic E-state index is -0.813. The van der Waals surface area contributed by atoms with E-state index < -0.39 is 11.4 Å². The first-order valence-corrected chi connectivity index (χ1v) is 6.75. The molecule has 5 nitrogen and oxygen atoms in total. The molecule has 0 radical (unpaired) electrons. The lowest BCUT2D eigenvalue weighted by Crippen LogP contribution is -2.48. The van der Waals surface area contributed by atoms with Gasteiger partial charge in [0.1, 0.15) is 0 Å². The van der Waals surface area contributed by atoms with E-state index in [1.165, 1.54) is 4.90 Å². The second kappa shape index (κ2) is 7.03. The Morgan fingerprint density at radius 2 is 2.00 bits per heavy atom. The number of hydrogen-bond donors (Lipinski definition) is 2. The number of carboxylic acids is 1. The van der Waals surface area contributed by atoms with Crippen molar-refractivity contribution in [3.05, 3.63) is 0 Å². The quantitative estimate of drug-likeness (QED) is 0.744. The lowest BCUT2D eigenvalue weighted by Gasteiger charge is -2.33. The van der Waals surface area contributed by atoms with Crippen molar-refractivity contribution in [2.24, 2.45) is 5.41 Å². The predicted octanol–water partition coefficient (Wildman–Crippen LogP) is 1.69. The summed E-state index contributed by atoms with van der Waals surface area (Å²) in [6, 6.07) is -0.286. The molecule has 1 aliphatic carbocycles. The average molecular weight is 266 g/mol. The van der Waals surface area contributed by atoms with Gasteiger partial charge in [-0.3, -0.25) is 4.79 Å². The molecule has 5 heteroatoms. The minimum Gasteiger partial charge on any atom is -0.481 e. The van der Waals surface area contributed by atoms with E-state index in [4.69, 9.17) is 6.42 Å². The summed E-state index contributed by atoms with van der Waals surface area (Å²) in [5.41, 5.74) is -0.802. The number of carboxylic acid groups (broad SMARTS) is 1. The Morgan fingerprint density at radius 1 is 1.37 bits per heavy atom. The second-order valence-corrected chi connectivity index (χ2v) is 5.02. The molecule has 0 unspecified atom stereocenters. The van der Waals surface area contributed by atoms with Crippen molar-refractivity contribution in [2.45, 2.75) is 39.0 Å². The average Bonchev–Trinajstić information content (AvgIpc) is 2.43. The number of urea groups is 1. The van der Waals surface area contributed by atoms with Gasteiger partial charge in [-0.2, -0.15) is 0 Å². The van der Waals surface area contributed by atoms with Gasteiger partial charge in [0, 0.05) is 13.1 Å². The van der Waals surface area contributed by atoms with Crippen molar-refractivity contribution < 1.29 is 14.7 Å². The van der Waals surface area contributed by atoms with Crippen molar-refractivity contribution in [1.82, 2.24) is 10.2 Å². The Bertz CT molecular complexity index is 367. The van der Waals surface area contributed by atoms with Crippen LogP contribution in [0.5, 0.6) is 0 Å². The van der Waals surface area contributed by atoms with Gasteiger partial charge in [-0.1, -0.05) is 25.2 Å². The molecular formula is C14H22N2O3. The fourth-order valence-corrected chi connectivity index (χ4v) is 2.49. The smallest absolute Gasteiger partial charge is 0.318 e. The third-order valence-electron chi connectivity index (χ3n) is 3.79. The van der Waals surface area contributed by atoms with Gasteiger partial charge in [-0.15, -0.1) is 6.42 Å². The number of terminal acetylenes is 1. The van der Waals surface area contributed by atoms with Crippen LogP contribution >= 0.6 is 0 Å². The topological polar surface area (TPSA) is 69.6 Å². The van der Waals surface area contributed by atoms with Crippen LogP contribution in [-0.2, 0) is 4.79 Å². The Balaban J connectivity index is 2.59. The number of rotatable bonds is 5. The maximum Gasteiger partial charge on any atom is 0.318 e. The summed E-state index contributed by atoms with van der Waals surface area (Å²) in [4.78, 5) is 24.8. The Kier molecular flexibility index (Phi) is 5.68. The van der Waals surface area contributed by atoms with Gasteiger partial charge >= 0.3 is 12.0 Å². The lowest BCUT2D eigenvalue weighted by atomic mass is 9.74. The van der Waals surface area contributed by atoms with Gasteiger partial charge in [-0.25, -0.2) is 4.79 Å². The number of hydrogen-bond acceptors (Lipinski definition) is 2. The molecule has 1 aliphatic rings. The SMILES string of the molecule is C#CCN(CC)C(=O)NCC1(C(=O)O)CCCCC1. The molecule has 0 aromatic rings. The molecule has 1 rings (SSSR count). The monoisotopic (exact) mass is 266 g/mol. The number of aliphatic carboxylic acids is 1. The van der Waals surface area contributed by atoms with Crippen molar-refractivity contribution in [3.8, 4) is 12.3 Å². The number of carbonyl (C=O) groups is 2. The fourth-order valence-electron chi connectivity index (χ4n) is 2.49. The van der Waals surface area contributed by atoms with Crippen LogP contribution in [0, 0.1) is 17.8 Å². The fraction of sp³-hybridized carbons (Fsp3) is 0.714. The van der Waals surface area contributed by atoms with E-state index in [0.717, 1.165) is 19.3 Å². The van der Waals surface area contributed by atoms with Crippen LogP contribution < -0.4 is 5.32 Å². The van der Waals surface area contributed by atoms with Crippen molar-refractivity contribution in [1.29, 1.82) is 0 Å². The third-order valence-corrected chi connectivity index (χ3v) is 3.79. The van der Waals surface area contributed by atoms with E-state index in [-0.39, 0.29) is 19.1 Å². The van der Waals surface area contributed by atoms with E-state index >= 15 is 0 Å².